The number of carbonyl (C=O) groups is 4. The monoisotopic (exact) mass is 609 g/mol. The van der Waals surface area contributed by atoms with Crippen LogP contribution in [0.2, 0.25) is 0 Å². The van der Waals surface area contributed by atoms with Crippen LogP contribution < -0.4 is 15.4 Å². The number of nitrogens with zero attached hydrogens (tertiary/aromatic N) is 3. The van der Waals surface area contributed by atoms with Crippen molar-refractivity contribution in [3.63, 3.8) is 0 Å². The number of alkyl carbamates (subject to hydrolysis) is 1. The van der Waals surface area contributed by atoms with Gasteiger partial charge < -0.3 is 30.1 Å². The largest absolute Gasteiger partial charge is 0.479 e. The summed E-state index contributed by atoms with van der Waals surface area (Å²) in [5.41, 5.74) is -0.495. The number of imidazole rings is 1. The van der Waals surface area contributed by atoms with Gasteiger partial charge in [0.25, 0.3) is 6.01 Å². The first-order chi connectivity index (χ1) is 20.9. The molecule has 0 radical (unpaired) electrons. The predicted molar refractivity (Wildman–Crippen MR) is 162 cm³/mol. The number of allylic oxidation sites excluding steroid dienone is 1. The number of aromatic nitrogens is 2. The average molecular weight is 610 g/mol. The fraction of sp³-hybridized carbons (Fsp3) is 0.594. The van der Waals surface area contributed by atoms with Gasteiger partial charge in [0, 0.05) is 18.9 Å². The Morgan fingerprint density at radius 3 is 2.68 bits per heavy atom. The highest BCUT2D eigenvalue weighted by molar-refractivity contribution is 5.96. The molecule has 3 heterocycles. The van der Waals surface area contributed by atoms with Crippen molar-refractivity contribution < 1.29 is 33.8 Å². The highest BCUT2D eigenvalue weighted by Crippen LogP contribution is 2.45. The van der Waals surface area contributed by atoms with Gasteiger partial charge in [0.1, 0.15) is 29.3 Å². The summed E-state index contributed by atoms with van der Waals surface area (Å²) in [5, 5.41) is 15.6. The van der Waals surface area contributed by atoms with Crippen LogP contribution in [0.1, 0.15) is 72.6 Å². The zero-order valence-corrected chi connectivity index (χ0v) is 25.9. The summed E-state index contributed by atoms with van der Waals surface area (Å²) >= 11 is 0. The molecule has 2 aliphatic heterocycles. The van der Waals surface area contributed by atoms with E-state index in [0.29, 0.717) is 25.4 Å². The van der Waals surface area contributed by atoms with Gasteiger partial charge in [-0.15, -0.1) is 0 Å². The van der Waals surface area contributed by atoms with Gasteiger partial charge in [-0.1, -0.05) is 37.1 Å². The van der Waals surface area contributed by atoms with E-state index in [1.54, 1.807) is 20.8 Å². The molecule has 1 saturated carbocycles. The molecule has 1 aromatic heterocycles. The molecule has 5 atom stereocenters. The van der Waals surface area contributed by atoms with Crippen molar-refractivity contribution in [2.45, 2.75) is 109 Å². The minimum atomic E-state index is -1.41. The fourth-order valence-corrected chi connectivity index (χ4v) is 6.19. The number of carboxylic acid groups (broad SMARTS) is 1. The second-order valence-electron chi connectivity index (χ2n) is 13.0. The van der Waals surface area contributed by atoms with Gasteiger partial charge in [0.2, 0.25) is 11.8 Å². The van der Waals surface area contributed by atoms with Crippen LogP contribution in [0.4, 0.5) is 4.79 Å². The van der Waals surface area contributed by atoms with Crippen LogP contribution in [-0.4, -0.2) is 79.3 Å². The number of aryl methyl sites for hydroxylation is 1. The van der Waals surface area contributed by atoms with E-state index in [2.05, 4.69) is 15.6 Å². The van der Waals surface area contributed by atoms with Crippen molar-refractivity contribution >= 4 is 34.9 Å². The minimum Gasteiger partial charge on any atom is -0.479 e. The molecule has 238 valence electrons. The number of para-hydroxylation sites is 2. The maximum Gasteiger partial charge on any atom is 0.408 e. The van der Waals surface area contributed by atoms with Crippen LogP contribution in [0.15, 0.2) is 36.4 Å². The Morgan fingerprint density at radius 1 is 1.18 bits per heavy atom. The number of hydrogen-bond donors (Lipinski definition) is 3. The summed E-state index contributed by atoms with van der Waals surface area (Å²) in [6.07, 6.45) is 6.43. The molecule has 5 rings (SSSR count). The van der Waals surface area contributed by atoms with Crippen molar-refractivity contribution in [2.75, 3.05) is 6.54 Å². The molecular weight excluding hydrogens is 566 g/mol. The maximum atomic E-state index is 14.1. The van der Waals surface area contributed by atoms with Crippen molar-refractivity contribution in [3.8, 4) is 6.01 Å². The number of nitrogens with one attached hydrogen (secondary N) is 2. The number of rotatable bonds is 5. The molecule has 12 heteroatoms. The quantitative estimate of drug-likeness (QED) is 0.433. The van der Waals surface area contributed by atoms with Crippen LogP contribution >= 0.6 is 0 Å². The van der Waals surface area contributed by atoms with E-state index >= 15 is 0 Å². The fourth-order valence-electron chi connectivity index (χ4n) is 6.19. The molecule has 3 N–H and O–H groups in total. The standard InChI is InChI=1S/C32H43N5O7/c1-5-36-24-16-12-11-14-22(24)33-29(36)43-21-17-25-26(38)35-32(28(40)41)18-20(32)13-9-7-6-8-10-15-23(27(39)37(25)19-21)34-30(42)44-31(2,3)4/h9,11-14,16,20-21,23,25H,5-8,10,15,17-19H2,1-4H3,(H,34,42)(H,35,38)(H,40,41)/b13-9-/t20-,21-,23+,25+,32-/m1/s1. The van der Waals surface area contributed by atoms with Gasteiger partial charge in [0.05, 0.1) is 17.6 Å². The van der Waals surface area contributed by atoms with Gasteiger partial charge in [-0.25, -0.2) is 9.59 Å². The lowest BCUT2D eigenvalue weighted by atomic mass is 10.0. The molecule has 1 aliphatic carbocycles. The third kappa shape index (κ3) is 6.68. The van der Waals surface area contributed by atoms with Gasteiger partial charge in [-0.2, -0.15) is 4.98 Å². The smallest absolute Gasteiger partial charge is 0.408 e. The summed E-state index contributed by atoms with van der Waals surface area (Å²) < 4.78 is 13.7. The molecule has 1 saturated heterocycles. The van der Waals surface area contributed by atoms with Gasteiger partial charge in [-0.05, 0) is 65.5 Å². The number of carboxylic acids is 1. The summed E-state index contributed by atoms with van der Waals surface area (Å²) in [5.74, 6) is -2.42. The highest BCUT2D eigenvalue weighted by Gasteiger charge is 2.61. The molecule has 44 heavy (non-hydrogen) atoms. The lowest BCUT2D eigenvalue weighted by molar-refractivity contribution is -0.145. The lowest BCUT2D eigenvalue weighted by Gasteiger charge is -2.30. The first-order valence-electron chi connectivity index (χ1n) is 15.6. The zero-order valence-electron chi connectivity index (χ0n) is 25.9. The SMILES string of the molecule is CCn1c(O[C@@H]2C[C@H]3C(=O)N[C@]4(C(=O)O)C[C@H]4/C=C\CCCCC[C@H](NC(=O)OC(C)(C)C)C(=O)N3C2)nc2ccccc21. The molecule has 1 aromatic carbocycles. The van der Waals surface area contributed by atoms with E-state index in [9.17, 15) is 24.3 Å². The number of aliphatic carboxylic acids is 1. The lowest BCUT2D eigenvalue weighted by Crippen LogP contribution is -2.56. The molecular formula is C32H43N5O7. The summed E-state index contributed by atoms with van der Waals surface area (Å²) in [6.45, 7) is 7.89. The third-order valence-electron chi connectivity index (χ3n) is 8.52. The molecule has 3 amide bonds. The number of amides is 3. The Balaban J connectivity index is 1.44. The summed E-state index contributed by atoms with van der Waals surface area (Å²) in [4.78, 5) is 59.2. The van der Waals surface area contributed by atoms with Gasteiger partial charge in [0.15, 0.2) is 0 Å². The topological polar surface area (TPSA) is 152 Å². The van der Waals surface area contributed by atoms with Gasteiger partial charge in [-0.3, -0.25) is 14.2 Å². The molecule has 0 unspecified atom stereocenters. The molecule has 0 spiro atoms. The zero-order chi connectivity index (χ0) is 31.6. The van der Waals surface area contributed by atoms with E-state index in [-0.39, 0.29) is 25.3 Å². The summed E-state index contributed by atoms with van der Waals surface area (Å²) in [6, 6.07) is 6.11. The Kier molecular flexibility index (Phi) is 8.90. The van der Waals surface area contributed by atoms with E-state index in [1.165, 1.54) is 4.90 Å². The van der Waals surface area contributed by atoms with Crippen molar-refractivity contribution in [1.82, 2.24) is 25.1 Å². The van der Waals surface area contributed by atoms with Crippen LogP contribution in [-0.2, 0) is 25.7 Å². The highest BCUT2D eigenvalue weighted by atomic mass is 16.6. The third-order valence-corrected chi connectivity index (χ3v) is 8.52. The number of carbonyl (C=O) groups excluding carboxylic acids is 3. The second-order valence-corrected chi connectivity index (χ2v) is 13.0. The van der Waals surface area contributed by atoms with Crippen LogP contribution in [0.25, 0.3) is 11.0 Å². The molecule has 12 nitrogen and oxygen atoms in total. The van der Waals surface area contributed by atoms with Crippen LogP contribution in [0.3, 0.4) is 0 Å². The normalized spacial score (nSPS) is 28.6. The first kappa shape index (κ1) is 31.3. The second kappa shape index (κ2) is 12.5. The van der Waals surface area contributed by atoms with Crippen LogP contribution in [0, 0.1) is 5.92 Å². The van der Waals surface area contributed by atoms with Crippen molar-refractivity contribution in [3.05, 3.63) is 36.4 Å². The van der Waals surface area contributed by atoms with E-state index in [4.69, 9.17) is 9.47 Å². The van der Waals surface area contributed by atoms with E-state index in [1.807, 2.05) is 47.9 Å². The Labute approximate surface area is 257 Å². The average Bonchev–Trinajstić information content (AvgIpc) is 3.30. The number of fused-ring (bicyclic) bond motifs is 3. The van der Waals surface area contributed by atoms with Crippen molar-refractivity contribution in [2.24, 2.45) is 5.92 Å². The summed E-state index contributed by atoms with van der Waals surface area (Å²) in [7, 11) is 0. The van der Waals surface area contributed by atoms with Crippen molar-refractivity contribution in [1.29, 1.82) is 0 Å². The maximum absolute atomic E-state index is 14.1. The van der Waals surface area contributed by atoms with E-state index in [0.717, 1.165) is 30.3 Å². The first-order valence-corrected chi connectivity index (χ1v) is 15.6. The minimum absolute atomic E-state index is 0.0692. The molecule has 2 fully saturated rings. The Bertz CT molecular complexity index is 1450. The molecule has 2 aromatic rings. The predicted octanol–water partition coefficient (Wildman–Crippen LogP) is 3.78. The molecule has 0 bridgehead atoms. The Hall–Kier alpha value is -4.09. The molecule has 3 aliphatic rings. The van der Waals surface area contributed by atoms with E-state index < -0.39 is 53.2 Å². The number of ether oxygens (including phenoxy) is 2. The number of benzene rings is 1. The van der Waals surface area contributed by atoms with Crippen LogP contribution in [0.5, 0.6) is 6.01 Å². The Morgan fingerprint density at radius 2 is 1.95 bits per heavy atom. The number of hydrogen-bond acceptors (Lipinski definition) is 7. The van der Waals surface area contributed by atoms with Gasteiger partial charge >= 0.3 is 12.1 Å².